The molecule has 3 rings (SSSR count). The van der Waals surface area contributed by atoms with Crippen LogP contribution in [0.25, 0.3) is 0 Å². The van der Waals surface area contributed by atoms with Crippen LogP contribution in [0.5, 0.6) is 0 Å². The first-order valence-corrected chi connectivity index (χ1v) is 9.17. The van der Waals surface area contributed by atoms with Gasteiger partial charge in [0.2, 0.25) is 0 Å². The van der Waals surface area contributed by atoms with Gasteiger partial charge in [0.05, 0.1) is 6.04 Å². The van der Waals surface area contributed by atoms with Gasteiger partial charge in [0, 0.05) is 12.2 Å². The number of aromatic nitrogens is 1. The number of nitrogens with one attached hydrogen (secondary N) is 1. The van der Waals surface area contributed by atoms with Gasteiger partial charge in [0.25, 0.3) is 0 Å². The quantitative estimate of drug-likeness (QED) is 0.507. The number of aliphatic imine (C=N–C) groups is 1. The lowest BCUT2D eigenvalue weighted by Crippen LogP contribution is -2.36. The third-order valence-electron chi connectivity index (χ3n) is 4.81. The van der Waals surface area contributed by atoms with Crippen molar-refractivity contribution < 1.29 is 0 Å². The van der Waals surface area contributed by atoms with E-state index in [4.69, 9.17) is 4.99 Å². The maximum absolute atomic E-state index is 4.95. The highest BCUT2D eigenvalue weighted by atomic mass is 15.0. The summed E-state index contributed by atoms with van der Waals surface area (Å²) in [5.41, 5.74) is 0.814. The minimum Gasteiger partial charge on any atom is -0.360 e. The number of amidine groups is 1. The van der Waals surface area contributed by atoms with Gasteiger partial charge in [0.1, 0.15) is 5.69 Å². The third-order valence-corrected chi connectivity index (χ3v) is 4.81. The van der Waals surface area contributed by atoms with Crippen LogP contribution in [0.3, 0.4) is 0 Å². The van der Waals surface area contributed by atoms with Gasteiger partial charge >= 0.3 is 0 Å². The molecule has 0 aliphatic heterocycles. The number of rotatable bonds is 2. The van der Waals surface area contributed by atoms with Crippen LogP contribution in [0.1, 0.15) is 69.9 Å². The summed E-state index contributed by atoms with van der Waals surface area (Å²) in [5.74, 6) is 7.31. The Hall–Kier alpha value is -1.82. The smallest absolute Gasteiger partial charge is 0.174 e. The molecule has 1 aromatic heterocycles. The summed E-state index contributed by atoms with van der Waals surface area (Å²) in [7, 11) is 0. The first kappa shape index (κ1) is 16.1. The average molecular weight is 309 g/mol. The second-order valence-electron chi connectivity index (χ2n) is 6.71. The van der Waals surface area contributed by atoms with Crippen LogP contribution in [-0.2, 0) is 0 Å². The minimum atomic E-state index is 0.452. The lowest BCUT2D eigenvalue weighted by atomic mass is 9.95. The first-order valence-electron chi connectivity index (χ1n) is 9.17. The molecule has 2 aliphatic rings. The summed E-state index contributed by atoms with van der Waals surface area (Å²) >= 11 is 0. The molecule has 1 N–H and O–H groups in total. The largest absolute Gasteiger partial charge is 0.360 e. The Bertz CT molecular complexity index is 556. The number of pyridine rings is 1. The molecule has 0 radical (unpaired) electrons. The van der Waals surface area contributed by atoms with Crippen molar-refractivity contribution in [1.82, 2.24) is 10.3 Å². The number of hydrogen-bond acceptors (Lipinski definition) is 2. The molecule has 0 atom stereocenters. The van der Waals surface area contributed by atoms with Gasteiger partial charge in [0.15, 0.2) is 5.84 Å². The standard InChI is InChI=1S/C20H27N3/c1-3-10-18(11-4-1)22-20(23-19-12-5-2-6-13-19)15-14-17-9-7-8-16-21-17/h7-9,16,18-19H,1-6,10-13H2,(H,22,23). The molecule has 2 fully saturated rings. The van der Waals surface area contributed by atoms with Gasteiger partial charge in [-0.05, 0) is 49.7 Å². The highest BCUT2D eigenvalue weighted by Crippen LogP contribution is 2.21. The Balaban J connectivity index is 1.72. The normalized spacial score (nSPS) is 20.6. The summed E-state index contributed by atoms with van der Waals surface area (Å²) in [6, 6.07) is 6.84. The molecule has 2 aliphatic carbocycles. The molecular formula is C20H27N3. The molecule has 1 heterocycles. The highest BCUT2D eigenvalue weighted by molar-refractivity contribution is 5.99. The third kappa shape index (κ3) is 5.39. The van der Waals surface area contributed by atoms with E-state index >= 15 is 0 Å². The van der Waals surface area contributed by atoms with E-state index in [1.54, 1.807) is 6.20 Å². The van der Waals surface area contributed by atoms with E-state index in [-0.39, 0.29) is 0 Å². The van der Waals surface area contributed by atoms with Crippen molar-refractivity contribution in [3.8, 4) is 11.8 Å². The van der Waals surface area contributed by atoms with Crippen molar-refractivity contribution in [2.45, 2.75) is 76.3 Å². The maximum Gasteiger partial charge on any atom is 0.174 e. The molecule has 2 saturated carbocycles. The zero-order valence-electron chi connectivity index (χ0n) is 13.9. The molecule has 0 spiro atoms. The van der Waals surface area contributed by atoms with Crippen LogP contribution in [0, 0.1) is 11.8 Å². The zero-order chi connectivity index (χ0) is 15.7. The van der Waals surface area contributed by atoms with Gasteiger partial charge in [-0.1, -0.05) is 44.6 Å². The van der Waals surface area contributed by atoms with Crippen molar-refractivity contribution in [3.05, 3.63) is 30.1 Å². The zero-order valence-corrected chi connectivity index (χ0v) is 13.9. The van der Waals surface area contributed by atoms with Crippen LogP contribution in [0.4, 0.5) is 0 Å². The van der Waals surface area contributed by atoms with Gasteiger partial charge in [-0.2, -0.15) is 0 Å². The van der Waals surface area contributed by atoms with Crippen LogP contribution < -0.4 is 5.32 Å². The fraction of sp³-hybridized carbons (Fsp3) is 0.600. The molecule has 0 bridgehead atoms. The predicted molar refractivity (Wildman–Crippen MR) is 95.4 cm³/mol. The molecule has 122 valence electrons. The van der Waals surface area contributed by atoms with Crippen molar-refractivity contribution in [1.29, 1.82) is 0 Å². The van der Waals surface area contributed by atoms with Crippen LogP contribution >= 0.6 is 0 Å². The minimum absolute atomic E-state index is 0.452. The fourth-order valence-corrected chi connectivity index (χ4v) is 3.50. The maximum atomic E-state index is 4.95. The Morgan fingerprint density at radius 3 is 2.43 bits per heavy atom. The Morgan fingerprint density at radius 1 is 1.00 bits per heavy atom. The summed E-state index contributed by atoms with van der Waals surface area (Å²) in [5, 5.41) is 3.62. The van der Waals surface area contributed by atoms with Crippen molar-refractivity contribution >= 4 is 5.84 Å². The molecule has 0 saturated heterocycles. The highest BCUT2D eigenvalue weighted by Gasteiger charge is 2.16. The van der Waals surface area contributed by atoms with Crippen LogP contribution in [0.15, 0.2) is 29.4 Å². The fourth-order valence-electron chi connectivity index (χ4n) is 3.50. The second-order valence-corrected chi connectivity index (χ2v) is 6.71. The van der Waals surface area contributed by atoms with E-state index < -0.39 is 0 Å². The van der Waals surface area contributed by atoms with E-state index in [9.17, 15) is 0 Å². The van der Waals surface area contributed by atoms with Crippen molar-refractivity contribution in [3.63, 3.8) is 0 Å². The Morgan fingerprint density at radius 2 is 1.74 bits per heavy atom. The average Bonchev–Trinajstić information content (AvgIpc) is 2.62. The summed E-state index contributed by atoms with van der Waals surface area (Å²) in [6.07, 6.45) is 14.7. The predicted octanol–water partition coefficient (Wildman–Crippen LogP) is 4.09. The number of hydrogen-bond donors (Lipinski definition) is 1. The molecule has 3 nitrogen and oxygen atoms in total. The van der Waals surface area contributed by atoms with E-state index in [2.05, 4.69) is 22.1 Å². The first-order chi connectivity index (χ1) is 11.4. The Labute approximate surface area is 140 Å². The van der Waals surface area contributed by atoms with E-state index in [0.29, 0.717) is 12.1 Å². The second kappa shape index (κ2) is 8.72. The van der Waals surface area contributed by atoms with Crippen LogP contribution in [-0.4, -0.2) is 22.9 Å². The molecule has 23 heavy (non-hydrogen) atoms. The lowest BCUT2D eigenvalue weighted by Gasteiger charge is -2.24. The van der Waals surface area contributed by atoms with E-state index in [1.165, 1.54) is 64.2 Å². The SMILES string of the molecule is C(#Cc1ccccn1)C(=NC1CCCCC1)NC1CCCCC1. The summed E-state index contributed by atoms with van der Waals surface area (Å²) < 4.78 is 0. The van der Waals surface area contributed by atoms with Crippen molar-refractivity contribution in [2.24, 2.45) is 4.99 Å². The monoisotopic (exact) mass is 309 g/mol. The van der Waals surface area contributed by atoms with E-state index in [1.807, 2.05) is 18.2 Å². The van der Waals surface area contributed by atoms with Gasteiger partial charge in [-0.25, -0.2) is 4.98 Å². The van der Waals surface area contributed by atoms with Crippen molar-refractivity contribution in [2.75, 3.05) is 0 Å². The summed E-state index contributed by atoms with van der Waals surface area (Å²) in [6.45, 7) is 0. The molecule has 0 amide bonds. The Kier molecular flexibility index (Phi) is 6.09. The van der Waals surface area contributed by atoms with Gasteiger partial charge in [-0.3, -0.25) is 4.99 Å². The topological polar surface area (TPSA) is 37.3 Å². The van der Waals surface area contributed by atoms with Gasteiger partial charge in [-0.15, -0.1) is 0 Å². The molecule has 1 aromatic rings. The lowest BCUT2D eigenvalue weighted by molar-refractivity contribution is 0.409. The molecular weight excluding hydrogens is 282 g/mol. The summed E-state index contributed by atoms with van der Waals surface area (Å²) in [4.78, 5) is 9.24. The molecule has 0 unspecified atom stereocenters. The molecule has 3 heteroatoms. The van der Waals surface area contributed by atoms with Crippen LogP contribution in [0.2, 0.25) is 0 Å². The molecule has 0 aromatic carbocycles. The number of nitrogens with zero attached hydrogens (tertiary/aromatic N) is 2. The van der Waals surface area contributed by atoms with E-state index in [0.717, 1.165) is 11.5 Å². The van der Waals surface area contributed by atoms with Gasteiger partial charge < -0.3 is 5.32 Å².